The summed E-state index contributed by atoms with van der Waals surface area (Å²) in [4.78, 5) is 11.1. The van der Waals surface area contributed by atoms with Crippen LogP contribution in [0.5, 0.6) is 0 Å². The largest absolute Gasteiger partial charge is 0.288 e. The Morgan fingerprint density at radius 1 is 1.25 bits per heavy atom. The van der Waals surface area contributed by atoms with Crippen LogP contribution < -0.4 is 5.56 Å². The Balaban J connectivity index is 3.50. The van der Waals surface area contributed by atoms with Gasteiger partial charge in [-0.05, 0) is 0 Å². The van der Waals surface area contributed by atoms with E-state index in [0.29, 0.717) is 0 Å². The van der Waals surface area contributed by atoms with Crippen molar-refractivity contribution >= 4 is 46.4 Å². The summed E-state index contributed by atoms with van der Waals surface area (Å²) in [6, 6.07) is -0.116. The van der Waals surface area contributed by atoms with Crippen LogP contribution in [0.15, 0.2) is 4.79 Å². The topological polar surface area (TPSA) is 34.9 Å². The highest BCUT2D eigenvalue weighted by atomic mass is 35.5. The van der Waals surface area contributed by atoms with Crippen LogP contribution in [0, 0.1) is 0 Å². The van der Waals surface area contributed by atoms with Gasteiger partial charge in [0.2, 0.25) is 0 Å². The fraction of sp³-hybridized carbons (Fsp3) is 0.200. The molecule has 1 aromatic heterocycles. The fourth-order valence-electron chi connectivity index (χ4n) is 0.574. The number of aromatic nitrogens is 2. The van der Waals surface area contributed by atoms with E-state index in [9.17, 15) is 4.79 Å². The predicted molar refractivity (Wildman–Crippen MR) is 49.4 cm³/mol. The second kappa shape index (κ2) is 3.83. The maximum absolute atomic E-state index is 11.1. The molecule has 0 atom stereocenters. The predicted octanol–water partition coefficient (Wildman–Crippen LogP) is 2.40. The van der Waals surface area contributed by atoms with Gasteiger partial charge < -0.3 is 0 Å². The molecule has 0 bridgehead atoms. The smallest absolute Gasteiger partial charge is 0.266 e. The highest BCUT2D eigenvalue weighted by Gasteiger charge is 2.11. The third-order valence-electron chi connectivity index (χ3n) is 1.12. The van der Waals surface area contributed by atoms with Gasteiger partial charge in [-0.15, -0.1) is 11.6 Å². The summed E-state index contributed by atoms with van der Waals surface area (Å²) in [5.41, 5.74) is -0.555. The zero-order valence-corrected chi connectivity index (χ0v) is 8.55. The van der Waals surface area contributed by atoms with Crippen LogP contribution in [0.3, 0.4) is 0 Å². The van der Waals surface area contributed by atoms with Gasteiger partial charge >= 0.3 is 0 Å². The van der Waals surface area contributed by atoms with Gasteiger partial charge in [0.25, 0.3) is 5.56 Å². The molecular weight excluding hydrogens is 246 g/mol. The Morgan fingerprint density at radius 3 is 2.33 bits per heavy atom. The van der Waals surface area contributed by atoms with Gasteiger partial charge in [0.15, 0.2) is 5.15 Å². The van der Waals surface area contributed by atoms with E-state index in [1.165, 1.54) is 0 Å². The summed E-state index contributed by atoms with van der Waals surface area (Å²) in [6.07, 6.45) is 0. The van der Waals surface area contributed by atoms with E-state index in [1.807, 2.05) is 0 Å². The molecule has 7 heteroatoms. The summed E-state index contributed by atoms with van der Waals surface area (Å²) in [5.74, 6) is 0. The van der Waals surface area contributed by atoms with Crippen molar-refractivity contribution in [2.75, 3.05) is 0 Å². The minimum atomic E-state index is -0.555. The van der Waals surface area contributed by atoms with Gasteiger partial charge in [-0.1, -0.05) is 34.8 Å². The van der Waals surface area contributed by atoms with E-state index in [-0.39, 0.29) is 21.2 Å². The first-order valence-electron chi connectivity index (χ1n) is 2.75. The van der Waals surface area contributed by atoms with Crippen LogP contribution in [0.4, 0.5) is 0 Å². The van der Waals surface area contributed by atoms with Gasteiger partial charge in [-0.2, -0.15) is 5.10 Å². The van der Waals surface area contributed by atoms with Gasteiger partial charge in [0.1, 0.15) is 16.0 Å². The molecule has 0 spiro atoms. The average molecular weight is 248 g/mol. The molecule has 0 amide bonds. The molecule has 66 valence electrons. The Labute approximate surface area is 87.8 Å². The number of hydrogen-bond acceptors (Lipinski definition) is 2. The first-order valence-corrected chi connectivity index (χ1v) is 4.42. The summed E-state index contributed by atoms with van der Waals surface area (Å²) in [5, 5.41) is 3.31. The Bertz CT molecular complexity index is 361. The summed E-state index contributed by atoms with van der Waals surface area (Å²) < 4.78 is 0.915. The molecule has 0 N–H and O–H groups in total. The lowest BCUT2D eigenvalue weighted by molar-refractivity contribution is 0.688. The summed E-state index contributed by atoms with van der Waals surface area (Å²) in [6.45, 7) is 0. The number of nitrogens with zero attached hydrogens (tertiary/aromatic N) is 2. The number of halogens is 4. The van der Waals surface area contributed by atoms with Crippen molar-refractivity contribution in [1.29, 1.82) is 0 Å². The van der Waals surface area contributed by atoms with Crippen molar-refractivity contribution in [1.82, 2.24) is 9.78 Å². The maximum atomic E-state index is 11.1. The second-order valence-corrected chi connectivity index (χ2v) is 3.20. The molecule has 0 aliphatic rings. The Hall–Kier alpha value is 0.0400. The summed E-state index contributed by atoms with van der Waals surface area (Å²) >= 11 is 21.9. The van der Waals surface area contributed by atoms with Gasteiger partial charge in [-0.3, -0.25) is 4.79 Å². The molecule has 0 radical (unpaired) electrons. The van der Waals surface area contributed by atoms with Crippen molar-refractivity contribution in [3.05, 3.63) is 25.6 Å². The van der Waals surface area contributed by atoms with Gasteiger partial charge in [-0.25, -0.2) is 4.68 Å². The first-order chi connectivity index (χ1) is 5.57. The molecule has 0 aromatic carbocycles. The van der Waals surface area contributed by atoms with E-state index < -0.39 is 5.56 Å². The molecule has 0 fully saturated rings. The first kappa shape index (κ1) is 10.1. The van der Waals surface area contributed by atoms with Crippen molar-refractivity contribution in [3.63, 3.8) is 0 Å². The molecule has 0 saturated carbocycles. The summed E-state index contributed by atoms with van der Waals surface area (Å²) in [7, 11) is 0. The number of rotatable bonds is 1. The number of alkyl halides is 1. The van der Waals surface area contributed by atoms with Crippen LogP contribution in [0.1, 0.15) is 0 Å². The highest BCUT2D eigenvalue weighted by molar-refractivity contribution is 6.47. The van der Waals surface area contributed by atoms with Crippen molar-refractivity contribution in [2.45, 2.75) is 6.00 Å². The molecule has 3 nitrogen and oxygen atoms in total. The zero-order valence-electron chi connectivity index (χ0n) is 5.52. The van der Waals surface area contributed by atoms with Crippen molar-refractivity contribution in [3.8, 4) is 0 Å². The third kappa shape index (κ3) is 1.69. The number of hydrogen-bond donors (Lipinski definition) is 0. The van der Waals surface area contributed by atoms with Gasteiger partial charge in [0, 0.05) is 0 Å². The van der Waals surface area contributed by atoms with Crippen molar-refractivity contribution in [2.24, 2.45) is 0 Å². The van der Waals surface area contributed by atoms with Crippen LogP contribution in [0.2, 0.25) is 15.2 Å². The minimum absolute atomic E-state index is 0.0399. The third-order valence-corrected chi connectivity index (χ3v) is 2.52. The lowest BCUT2D eigenvalue weighted by atomic mass is 10.5. The molecule has 12 heavy (non-hydrogen) atoms. The standard InChI is InChI=1S/C5H2Cl4N2O/c6-1-11-5(12)3(8)2(7)4(9)10-11/h1H2. The van der Waals surface area contributed by atoms with Crippen LogP contribution >= 0.6 is 46.4 Å². The minimum Gasteiger partial charge on any atom is -0.266 e. The lowest BCUT2D eigenvalue weighted by Gasteiger charge is -2.02. The van der Waals surface area contributed by atoms with E-state index in [1.54, 1.807) is 0 Å². The highest BCUT2D eigenvalue weighted by Crippen LogP contribution is 2.23. The molecule has 1 rings (SSSR count). The lowest BCUT2D eigenvalue weighted by Crippen LogP contribution is -2.22. The average Bonchev–Trinajstić information content (AvgIpc) is 2.08. The van der Waals surface area contributed by atoms with E-state index in [4.69, 9.17) is 46.4 Å². The molecule has 0 aliphatic carbocycles. The fourth-order valence-corrected chi connectivity index (χ4v) is 1.28. The molecule has 0 saturated heterocycles. The quantitative estimate of drug-likeness (QED) is 0.715. The molecule has 0 unspecified atom stereocenters. The van der Waals surface area contributed by atoms with E-state index >= 15 is 0 Å². The van der Waals surface area contributed by atoms with Crippen LogP contribution in [0.25, 0.3) is 0 Å². The molecular formula is C5H2Cl4N2O. The van der Waals surface area contributed by atoms with Crippen LogP contribution in [-0.4, -0.2) is 9.78 Å². The Morgan fingerprint density at radius 2 is 1.83 bits per heavy atom. The second-order valence-electron chi connectivity index (χ2n) is 1.84. The maximum Gasteiger partial charge on any atom is 0.288 e. The van der Waals surface area contributed by atoms with Crippen molar-refractivity contribution < 1.29 is 0 Å². The van der Waals surface area contributed by atoms with Crippen LogP contribution in [-0.2, 0) is 6.00 Å². The molecule has 0 aliphatic heterocycles. The SMILES string of the molecule is O=c1c(Cl)c(Cl)c(Cl)nn1CCl. The normalized spacial score (nSPS) is 10.3. The monoisotopic (exact) mass is 246 g/mol. The Kier molecular flexibility index (Phi) is 3.23. The zero-order chi connectivity index (χ0) is 9.30. The van der Waals surface area contributed by atoms with E-state index in [0.717, 1.165) is 4.68 Å². The molecule has 1 heterocycles. The van der Waals surface area contributed by atoms with Gasteiger partial charge in [0.05, 0.1) is 0 Å². The van der Waals surface area contributed by atoms with E-state index in [2.05, 4.69) is 5.10 Å². The molecule has 1 aromatic rings.